The summed E-state index contributed by atoms with van der Waals surface area (Å²) >= 11 is 2.63. The van der Waals surface area contributed by atoms with Crippen molar-refractivity contribution in [3.8, 4) is 0 Å². The lowest BCUT2D eigenvalue weighted by atomic mass is 9.67. The number of nitrogens with one attached hydrogen (secondary N) is 1. The summed E-state index contributed by atoms with van der Waals surface area (Å²) in [5.41, 5.74) is 0. The van der Waals surface area contributed by atoms with E-state index in [-0.39, 0.29) is 11.9 Å². The summed E-state index contributed by atoms with van der Waals surface area (Å²) in [5, 5.41) is 3.60. The van der Waals surface area contributed by atoms with Gasteiger partial charge in [-0.15, -0.1) is 0 Å². The molecule has 2 heterocycles. The maximum atomic E-state index is 12.2. The standard InChI is InChI=1S/C16H25BINO2/c1-2-9-3-4-10(7-13(9)18)12-8-11-5-6-14(19-11)15(12)16(20)21-17/h9-15,19H,2-8H2,1H3/t9?,10?,11-,12-,13?,14?,15?/m1/s1. The number of carbonyl (C=O) groups is 1. The van der Waals surface area contributed by atoms with Gasteiger partial charge in [0.15, 0.2) is 0 Å². The van der Waals surface area contributed by atoms with Crippen LogP contribution in [-0.4, -0.2) is 30.0 Å². The predicted molar refractivity (Wildman–Crippen MR) is 92.3 cm³/mol. The van der Waals surface area contributed by atoms with Gasteiger partial charge in [-0.3, -0.25) is 4.79 Å². The van der Waals surface area contributed by atoms with Crippen molar-refractivity contribution in [2.75, 3.05) is 0 Å². The van der Waals surface area contributed by atoms with Gasteiger partial charge >= 0.3 is 8.05 Å². The number of hydrogen-bond acceptors (Lipinski definition) is 3. The van der Waals surface area contributed by atoms with Crippen LogP contribution in [0.1, 0.15) is 51.9 Å². The number of halogens is 1. The van der Waals surface area contributed by atoms with Gasteiger partial charge in [-0.25, -0.2) is 0 Å². The maximum Gasteiger partial charge on any atom is 0.378 e. The SMILES string of the molecule is [B]OC(=O)C1C2CC[C@H](C[C@@H]1C1CCC(CC)C(I)C1)N2. The third kappa shape index (κ3) is 3.14. The normalized spacial score (nSPS) is 46.3. The number of piperidine rings is 1. The van der Waals surface area contributed by atoms with E-state index in [1.165, 1.54) is 32.1 Å². The number of fused-ring (bicyclic) bond motifs is 2. The molecule has 3 rings (SSSR count). The van der Waals surface area contributed by atoms with Crippen LogP contribution in [0.3, 0.4) is 0 Å². The van der Waals surface area contributed by atoms with Gasteiger partial charge < -0.3 is 9.97 Å². The summed E-state index contributed by atoms with van der Waals surface area (Å²) in [6.45, 7) is 2.30. The Morgan fingerprint density at radius 1 is 1.29 bits per heavy atom. The van der Waals surface area contributed by atoms with Gasteiger partial charge in [-0.1, -0.05) is 35.9 Å². The number of hydrogen-bond donors (Lipinski definition) is 1. The zero-order valence-corrected chi connectivity index (χ0v) is 14.9. The van der Waals surface area contributed by atoms with Crippen LogP contribution < -0.4 is 5.32 Å². The largest absolute Gasteiger partial charge is 0.543 e. The van der Waals surface area contributed by atoms with Crippen LogP contribution >= 0.6 is 22.6 Å². The first-order valence-electron chi connectivity index (χ1n) is 8.44. The van der Waals surface area contributed by atoms with Crippen molar-refractivity contribution < 1.29 is 9.45 Å². The lowest BCUT2D eigenvalue weighted by molar-refractivity contribution is -0.144. The second-order valence-corrected chi connectivity index (χ2v) is 8.77. The van der Waals surface area contributed by atoms with E-state index < -0.39 is 0 Å². The Balaban J connectivity index is 1.74. The van der Waals surface area contributed by atoms with Crippen LogP contribution in [-0.2, 0) is 9.45 Å². The van der Waals surface area contributed by atoms with Gasteiger partial charge in [0.2, 0.25) is 0 Å². The van der Waals surface area contributed by atoms with Crippen LogP contribution in [0, 0.1) is 23.7 Å². The summed E-state index contributed by atoms with van der Waals surface area (Å²) in [6, 6.07) is 0.903. The molecule has 0 aromatic carbocycles. The molecule has 3 fully saturated rings. The van der Waals surface area contributed by atoms with Crippen LogP contribution in [0.4, 0.5) is 0 Å². The van der Waals surface area contributed by atoms with Crippen molar-refractivity contribution in [1.29, 1.82) is 0 Å². The molecule has 0 aromatic heterocycles. The smallest absolute Gasteiger partial charge is 0.378 e. The van der Waals surface area contributed by atoms with E-state index in [0.717, 1.165) is 22.7 Å². The van der Waals surface area contributed by atoms with E-state index >= 15 is 0 Å². The van der Waals surface area contributed by atoms with E-state index in [9.17, 15) is 4.79 Å². The molecule has 2 bridgehead atoms. The van der Waals surface area contributed by atoms with E-state index in [1.54, 1.807) is 0 Å². The molecule has 5 unspecified atom stereocenters. The van der Waals surface area contributed by atoms with Gasteiger partial charge in [0.05, 0.1) is 5.92 Å². The predicted octanol–water partition coefficient (Wildman–Crippen LogP) is 3.00. The highest BCUT2D eigenvalue weighted by Gasteiger charge is 2.49. The molecule has 1 N–H and O–H groups in total. The molecule has 5 heteroatoms. The van der Waals surface area contributed by atoms with Crippen LogP contribution in [0.25, 0.3) is 0 Å². The summed E-state index contributed by atoms with van der Waals surface area (Å²) in [6.07, 6.45) is 8.56. The Kier molecular flexibility index (Phi) is 5.19. The average molecular weight is 401 g/mol. The first-order chi connectivity index (χ1) is 10.1. The molecular formula is C16H25BINO2. The first kappa shape index (κ1) is 16.1. The molecule has 1 aliphatic carbocycles. The monoisotopic (exact) mass is 401 g/mol. The summed E-state index contributed by atoms with van der Waals surface area (Å²) in [4.78, 5) is 12.2. The topological polar surface area (TPSA) is 38.3 Å². The highest BCUT2D eigenvalue weighted by atomic mass is 127. The fourth-order valence-electron chi connectivity index (χ4n) is 5.05. The van der Waals surface area contributed by atoms with Crippen molar-refractivity contribution >= 4 is 36.6 Å². The second-order valence-electron chi connectivity index (χ2n) is 7.17. The average Bonchev–Trinajstić information content (AvgIpc) is 2.87. The molecule has 1 saturated carbocycles. The van der Waals surface area contributed by atoms with Gasteiger partial charge in [0.25, 0.3) is 5.97 Å². The number of carbonyl (C=O) groups excluding carboxylic acids is 1. The highest BCUT2D eigenvalue weighted by molar-refractivity contribution is 14.1. The molecule has 3 nitrogen and oxygen atoms in total. The molecule has 2 radical (unpaired) electrons. The summed E-state index contributed by atoms with van der Waals surface area (Å²) < 4.78 is 5.41. The molecule has 2 saturated heterocycles. The lowest BCUT2D eigenvalue weighted by Crippen LogP contribution is -2.52. The molecule has 116 valence electrons. The molecule has 0 amide bonds. The number of rotatable bonds is 3. The Morgan fingerprint density at radius 2 is 2.10 bits per heavy atom. The quantitative estimate of drug-likeness (QED) is 0.449. The lowest BCUT2D eigenvalue weighted by Gasteiger charge is -2.44. The van der Waals surface area contributed by atoms with Gasteiger partial charge in [0.1, 0.15) is 0 Å². The highest BCUT2D eigenvalue weighted by Crippen LogP contribution is 2.47. The molecule has 2 aliphatic heterocycles. The fraction of sp³-hybridized carbons (Fsp3) is 0.938. The molecule has 0 spiro atoms. The third-order valence-electron chi connectivity index (χ3n) is 6.19. The van der Waals surface area contributed by atoms with E-state index in [0.29, 0.717) is 23.9 Å². The molecular weight excluding hydrogens is 376 g/mol. The van der Waals surface area contributed by atoms with Crippen molar-refractivity contribution in [3.63, 3.8) is 0 Å². The van der Waals surface area contributed by atoms with Crippen molar-refractivity contribution in [3.05, 3.63) is 0 Å². The van der Waals surface area contributed by atoms with Gasteiger partial charge in [-0.05, 0) is 56.3 Å². The van der Waals surface area contributed by atoms with Gasteiger partial charge in [0, 0.05) is 16.0 Å². The van der Waals surface area contributed by atoms with Crippen LogP contribution in [0.2, 0.25) is 0 Å². The Bertz CT molecular complexity index is 394. The minimum atomic E-state index is -0.194. The van der Waals surface area contributed by atoms with Crippen LogP contribution in [0.15, 0.2) is 0 Å². The van der Waals surface area contributed by atoms with Crippen molar-refractivity contribution in [1.82, 2.24) is 5.32 Å². The Labute approximate surface area is 142 Å². The van der Waals surface area contributed by atoms with Gasteiger partial charge in [-0.2, -0.15) is 0 Å². The minimum Gasteiger partial charge on any atom is -0.543 e. The van der Waals surface area contributed by atoms with Crippen molar-refractivity contribution in [2.45, 2.75) is 67.9 Å². The van der Waals surface area contributed by atoms with E-state index in [4.69, 9.17) is 8.05 Å². The molecule has 0 aromatic rings. The summed E-state index contributed by atoms with van der Waals surface area (Å²) in [7, 11) is 5.22. The Hall–Kier alpha value is 0.225. The summed E-state index contributed by atoms with van der Waals surface area (Å²) in [5.74, 6) is 1.78. The second kappa shape index (κ2) is 6.77. The first-order valence-corrected chi connectivity index (χ1v) is 9.69. The molecule has 7 atom stereocenters. The number of alkyl halides is 1. The third-order valence-corrected chi connectivity index (χ3v) is 7.72. The molecule has 3 aliphatic rings. The van der Waals surface area contributed by atoms with Crippen LogP contribution in [0.5, 0.6) is 0 Å². The maximum absolute atomic E-state index is 12.2. The molecule has 21 heavy (non-hydrogen) atoms. The zero-order chi connectivity index (χ0) is 15.0. The van der Waals surface area contributed by atoms with E-state index in [1.807, 2.05) is 0 Å². The zero-order valence-electron chi connectivity index (χ0n) is 12.8. The fourth-order valence-corrected chi connectivity index (χ4v) is 6.57. The minimum absolute atomic E-state index is 0.0273. The Morgan fingerprint density at radius 3 is 2.76 bits per heavy atom. The van der Waals surface area contributed by atoms with Crippen molar-refractivity contribution in [2.24, 2.45) is 23.7 Å². The van der Waals surface area contributed by atoms with E-state index in [2.05, 4.69) is 39.5 Å².